The highest BCUT2D eigenvalue weighted by Crippen LogP contribution is 2.37. The summed E-state index contributed by atoms with van der Waals surface area (Å²) in [6.07, 6.45) is 3.68. The first-order chi connectivity index (χ1) is 31.6. The zero-order valence-corrected chi connectivity index (χ0v) is 34.0. The molecule has 0 bridgehead atoms. The van der Waals surface area contributed by atoms with Crippen molar-refractivity contribution < 1.29 is 8.83 Å². The molecule has 4 heterocycles. The monoisotopic (exact) mass is 820 g/mol. The van der Waals surface area contributed by atoms with Crippen LogP contribution in [-0.4, -0.2) is 19.1 Å². The molecule has 12 aromatic rings. The highest BCUT2D eigenvalue weighted by Gasteiger charge is 2.17. The summed E-state index contributed by atoms with van der Waals surface area (Å²) in [5, 5.41) is 14.5. The normalized spacial score (nSPS) is 12.2. The number of allylic oxidation sites excluding steroid dienone is 1. The number of benzene rings is 8. The maximum atomic E-state index is 10.1. The lowest BCUT2D eigenvalue weighted by Crippen LogP contribution is -1.95. The molecule has 0 atom stereocenters. The number of rotatable bonds is 7. The van der Waals surface area contributed by atoms with E-state index in [0.717, 1.165) is 88.3 Å². The van der Waals surface area contributed by atoms with E-state index in [-0.39, 0.29) is 0 Å². The maximum absolute atomic E-state index is 10.1. The summed E-state index contributed by atoms with van der Waals surface area (Å²) in [6, 6.07) is 64.2. The SMILES string of the molecule is [C-]#[N+]C(=Cc1ccc2c(c1)c1ccccc1n2-c1ccc(-c2ccc(-n3c4ccccc4c4cc(C=C(C#N)c5nc6ccccc6o5)ccc43)cc2)cc1)c1nc2ccccc2o1. The minimum atomic E-state index is 0.307. The Hall–Kier alpha value is -9.24. The molecule has 8 nitrogen and oxygen atoms in total. The average molecular weight is 821 g/mol. The van der Waals surface area contributed by atoms with Crippen molar-refractivity contribution in [1.82, 2.24) is 19.1 Å². The van der Waals surface area contributed by atoms with Crippen molar-refractivity contribution in [1.29, 1.82) is 5.26 Å². The molecular weight excluding hydrogens is 789 g/mol. The third kappa shape index (κ3) is 6.06. The Bertz CT molecular complexity index is 3650. The van der Waals surface area contributed by atoms with Crippen LogP contribution in [-0.2, 0) is 0 Å². The molecular formula is C56H32N6O2. The molecule has 0 amide bonds. The largest absolute Gasteiger partial charge is 0.447 e. The van der Waals surface area contributed by atoms with Crippen LogP contribution < -0.4 is 0 Å². The molecule has 0 aliphatic rings. The van der Waals surface area contributed by atoms with Gasteiger partial charge in [0.1, 0.15) is 22.7 Å². The van der Waals surface area contributed by atoms with Gasteiger partial charge in [0.25, 0.3) is 0 Å². The lowest BCUT2D eigenvalue weighted by atomic mass is 10.0. The van der Waals surface area contributed by atoms with Gasteiger partial charge in [0.15, 0.2) is 11.2 Å². The fourth-order valence-corrected chi connectivity index (χ4v) is 8.90. The van der Waals surface area contributed by atoms with Crippen LogP contribution in [0.2, 0.25) is 0 Å². The van der Waals surface area contributed by atoms with Crippen molar-refractivity contribution in [2.24, 2.45) is 0 Å². The first-order valence-electron chi connectivity index (χ1n) is 20.8. The second-order valence-electron chi connectivity index (χ2n) is 15.6. The van der Waals surface area contributed by atoms with Gasteiger partial charge in [-0.3, -0.25) is 0 Å². The summed E-state index contributed by atoms with van der Waals surface area (Å²) in [7, 11) is 0. The van der Waals surface area contributed by atoms with E-state index in [1.807, 2.05) is 72.8 Å². The minimum absolute atomic E-state index is 0.307. The van der Waals surface area contributed by atoms with Gasteiger partial charge >= 0.3 is 0 Å². The van der Waals surface area contributed by atoms with Crippen molar-refractivity contribution in [3.63, 3.8) is 0 Å². The number of hydrogen-bond donors (Lipinski definition) is 0. The number of nitriles is 1. The molecule has 0 unspecified atom stereocenters. The molecule has 0 N–H and O–H groups in total. The lowest BCUT2D eigenvalue weighted by Gasteiger charge is -2.11. The average Bonchev–Trinajstić information content (AvgIpc) is 4.13. The van der Waals surface area contributed by atoms with E-state index in [1.165, 1.54) is 0 Å². The fourth-order valence-electron chi connectivity index (χ4n) is 8.90. The molecule has 0 spiro atoms. The van der Waals surface area contributed by atoms with E-state index in [9.17, 15) is 5.26 Å². The number of para-hydroxylation sites is 6. The summed E-state index contributed by atoms with van der Waals surface area (Å²) in [5.74, 6) is 0.621. The highest BCUT2D eigenvalue weighted by molar-refractivity contribution is 6.11. The molecule has 8 heteroatoms. The number of fused-ring (bicyclic) bond motifs is 8. The Morgan fingerprint density at radius 2 is 0.953 bits per heavy atom. The third-order valence-electron chi connectivity index (χ3n) is 11.9. The van der Waals surface area contributed by atoms with Crippen LogP contribution in [0.15, 0.2) is 191 Å². The van der Waals surface area contributed by atoms with Crippen molar-refractivity contribution in [2.45, 2.75) is 0 Å². The van der Waals surface area contributed by atoms with Crippen molar-refractivity contribution >= 4 is 89.2 Å². The maximum Gasteiger partial charge on any atom is 0.248 e. The van der Waals surface area contributed by atoms with Crippen molar-refractivity contribution in [3.8, 4) is 28.6 Å². The zero-order chi connectivity index (χ0) is 42.7. The van der Waals surface area contributed by atoms with Crippen LogP contribution in [0.1, 0.15) is 22.9 Å². The topological polar surface area (TPSA) is 90.1 Å². The molecule has 0 aliphatic heterocycles. The molecule has 64 heavy (non-hydrogen) atoms. The van der Waals surface area contributed by atoms with Gasteiger partial charge in [-0.1, -0.05) is 97.1 Å². The fraction of sp³-hybridized carbons (Fsp3) is 0. The number of oxazole rings is 2. The quantitative estimate of drug-likeness (QED) is 0.118. The second-order valence-corrected chi connectivity index (χ2v) is 15.6. The predicted octanol–water partition coefficient (Wildman–Crippen LogP) is 14.3. The standard InChI is InChI=1S/C56H32N6O2/c1-58-48(56-60-47-13-5-9-17-54(47)64-56)33-36-19-29-52-45(32-36)43-11-3-7-15-50(43)62(52)41-26-22-38(23-27-41)37-20-24-40(25-21-37)61-49-14-6-2-10-42(49)44-31-35(18-28-51(44)61)30-39(34-57)55-59-46-12-4-8-16-53(46)63-55/h2-33H. The van der Waals surface area contributed by atoms with E-state index >= 15 is 0 Å². The lowest BCUT2D eigenvalue weighted by molar-refractivity contribution is 0.586. The van der Waals surface area contributed by atoms with Crippen LogP contribution in [0, 0.1) is 17.9 Å². The van der Waals surface area contributed by atoms with E-state index in [2.05, 4.69) is 151 Å². The summed E-state index contributed by atoms with van der Waals surface area (Å²) >= 11 is 0. The highest BCUT2D eigenvalue weighted by atomic mass is 16.4. The molecule has 0 radical (unpaired) electrons. The molecule has 0 saturated carbocycles. The Morgan fingerprint density at radius 3 is 1.47 bits per heavy atom. The summed E-state index contributed by atoms with van der Waals surface area (Å²) in [4.78, 5) is 12.9. The Balaban J connectivity index is 0.857. The molecule has 0 aliphatic carbocycles. The van der Waals surface area contributed by atoms with Crippen LogP contribution >= 0.6 is 0 Å². The Labute approximate surface area is 365 Å². The van der Waals surface area contributed by atoms with Gasteiger partial charge < -0.3 is 18.0 Å². The van der Waals surface area contributed by atoms with Crippen LogP contribution in [0.25, 0.3) is 117 Å². The zero-order valence-electron chi connectivity index (χ0n) is 34.0. The predicted molar refractivity (Wildman–Crippen MR) is 257 cm³/mol. The van der Waals surface area contributed by atoms with Gasteiger partial charge in [0, 0.05) is 32.9 Å². The molecule has 0 fully saturated rings. The molecule has 4 aromatic heterocycles. The molecule has 0 saturated heterocycles. The van der Waals surface area contributed by atoms with Gasteiger partial charge in [-0.15, -0.1) is 0 Å². The number of hydrogen-bond acceptors (Lipinski definition) is 5. The van der Waals surface area contributed by atoms with Gasteiger partial charge in [-0.05, 0) is 119 Å². The van der Waals surface area contributed by atoms with Gasteiger partial charge in [-0.2, -0.15) is 5.26 Å². The van der Waals surface area contributed by atoms with Gasteiger partial charge in [0.05, 0.1) is 28.6 Å². The van der Waals surface area contributed by atoms with Crippen LogP contribution in [0.5, 0.6) is 0 Å². The van der Waals surface area contributed by atoms with E-state index < -0.39 is 0 Å². The van der Waals surface area contributed by atoms with Crippen LogP contribution in [0.3, 0.4) is 0 Å². The molecule has 298 valence electrons. The first kappa shape index (κ1) is 36.6. The number of nitrogens with zero attached hydrogens (tertiary/aromatic N) is 6. The van der Waals surface area contributed by atoms with Gasteiger partial charge in [0.2, 0.25) is 17.5 Å². The number of aromatic nitrogens is 4. The summed E-state index contributed by atoms with van der Waals surface area (Å²) < 4.78 is 16.4. The summed E-state index contributed by atoms with van der Waals surface area (Å²) in [6.45, 7) is 7.91. The van der Waals surface area contributed by atoms with Crippen molar-refractivity contribution in [2.75, 3.05) is 0 Å². The van der Waals surface area contributed by atoms with E-state index in [1.54, 1.807) is 0 Å². The van der Waals surface area contributed by atoms with Crippen LogP contribution in [0.4, 0.5) is 0 Å². The molecule has 12 rings (SSSR count). The smallest absolute Gasteiger partial charge is 0.248 e. The van der Waals surface area contributed by atoms with E-state index in [4.69, 9.17) is 15.4 Å². The van der Waals surface area contributed by atoms with E-state index in [0.29, 0.717) is 34.2 Å². The third-order valence-corrected chi connectivity index (χ3v) is 11.9. The van der Waals surface area contributed by atoms with Crippen molar-refractivity contribution in [3.05, 3.63) is 216 Å². The minimum Gasteiger partial charge on any atom is -0.447 e. The molecule has 8 aromatic carbocycles. The van der Waals surface area contributed by atoms with Gasteiger partial charge in [-0.25, -0.2) is 14.8 Å². The first-order valence-corrected chi connectivity index (χ1v) is 20.8. The Morgan fingerprint density at radius 1 is 0.500 bits per heavy atom. The summed E-state index contributed by atoms with van der Waals surface area (Å²) in [5.41, 5.74) is 13.9. The second kappa shape index (κ2) is 14.7. The Kier molecular flexibility index (Phi) is 8.43.